The summed E-state index contributed by atoms with van der Waals surface area (Å²) in [6, 6.07) is 59.6. The van der Waals surface area contributed by atoms with Crippen LogP contribution in [0.15, 0.2) is 164 Å². The van der Waals surface area contributed by atoms with Crippen molar-refractivity contribution in [2.24, 2.45) is 0 Å². The number of aromatic nitrogens is 1. The topological polar surface area (TPSA) is 4.93 Å². The van der Waals surface area contributed by atoms with Gasteiger partial charge in [0.2, 0.25) is 0 Å². The fourth-order valence-corrected chi connectivity index (χ4v) is 7.86. The molecule has 0 fully saturated rings. The Morgan fingerprint density at radius 1 is 0.364 bits per heavy atom. The van der Waals surface area contributed by atoms with Gasteiger partial charge < -0.3 is 4.57 Å². The van der Waals surface area contributed by atoms with Crippen molar-refractivity contribution in [3.63, 3.8) is 0 Å². The molecule has 9 rings (SSSR count). The van der Waals surface area contributed by atoms with Crippen molar-refractivity contribution in [3.8, 4) is 39.1 Å². The highest BCUT2D eigenvalue weighted by molar-refractivity contribution is 7.26. The molecule has 0 aliphatic rings. The van der Waals surface area contributed by atoms with Gasteiger partial charge in [-0.3, -0.25) is 0 Å². The standard InChI is InChI=1S/C42H27NS/c1-2-10-28(11-3-1)31-12-8-13-32(26-31)29-20-22-30(23-21-29)34-16-9-19-41-42(34)37-27-33(24-25-40(37)44-41)43-38-17-6-4-14-35(38)36-15-5-7-18-39(36)43/h1-27H. The molecule has 2 heteroatoms. The van der Waals surface area contributed by atoms with Gasteiger partial charge in [0, 0.05) is 36.6 Å². The summed E-state index contributed by atoms with van der Waals surface area (Å²) in [5, 5.41) is 5.20. The van der Waals surface area contributed by atoms with Gasteiger partial charge in [-0.2, -0.15) is 0 Å². The number of benzene rings is 7. The molecule has 206 valence electrons. The molecule has 0 atom stereocenters. The van der Waals surface area contributed by atoms with Crippen LogP contribution in [0, 0.1) is 0 Å². The lowest BCUT2D eigenvalue weighted by Gasteiger charge is -2.10. The molecule has 0 amide bonds. The van der Waals surface area contributed by atoms with Gasteiger partial charge in [-0.15, -0.1) is 11.3 Å². The summed E-state index contributed by atoms with van der Waals surface area (Å²) >= 11 is 1.87. The molecule has 0 N–H and O–H groups in total. The SMILES string of the molecule is c1ccc(-c2cccc(-c3ccc(-c4cccc5sc6ccc(-n7c8ccccc8c8ccccc87)cc6c45)cc3)c2)cc1. The number of para-hydroxylation sites is 2. The zero-order valence-electron chi connectivity index (χ0n) is 23.9. The van der Waals surface area contributed by atoms with Crippen LogP contribution in [0.1, 0.15) is 0 Å². The second kappa shape index (κ2) is 10.1. The smallest absolute Gasteiger partial charge is 0.0541 e. The molecule has 2 heterocycles. The molecule has 1 nitrogen and oxygen atoms in total. The van der Waals surface area contributed by atoms with Gasteiger partial charge in [-0.1, -0.05) is 121 Å². The molecule has 0 saturated heterocycles. The Balaban J connectivity index is 1.17. The average Bonchev–Trinajstić information content (AvgIpc) is 3.64. The summed E-state index contributed by atoms with van der Waals surface area (Å²) in [6.07, 6.45) is 0. The number of thiophene rings is 1. The van der Waals surface area contributed by atoms with Gasteiger partial charge in [0.05, 0.1) is 11.0 Å². The molecule has 0 radical (unpaired) electrons. The second-order valence-corrected chi connectivity index (χ2v) is 12.4. The summed E-state index contributed by atoms with van der Waals surface area (Å²) in [4.78, 5) is 0. The van der Waals surface area contributed by atoms with E-state index in [1.54, 1.807) is 0 Å². The normalized spacial score (nSPS) is 11.6. The van der Waals surface area contributed by atoms with Crippen molar-refractivity contribution in [3.05, 3.63) is 164 Å². The van der Waals surface area contributed by atoms with E-state index in [9.17, 15) is 0 Å². The van der Waals surface area contributed by atoms with Crippen LogP contribution in [0.4, 0.5) is 0 Å². The van der Waals surface area contributed by atoms with Crippen LogP contribution in [0.2, 0.25) is 0 Å². The first-order valence-corrected chi connectivity index (χ1v) is 15.8. The Morgan fingerprint density at radius 2 is 0.955 bits per heavy atom. The number of nitrogens with zero attached hydrogens (tertiary/aromatic N) is 1. The van der Waals surface area contributed by atoms with E-state index in [4.69, 9.17) is 0 Å². The molecule has 0 spiro atoms. The van der Waals surface area contributed by atoms with Crippen LogP contribution in [-0.2, 0) is 0 Å². The Hall–Kier alpha value is -5.44. The van der Waals surface area contributed by atoms with Gasteiger partial charge >= 0.3 is 0 Å². The van der Waals surface area contributed by atoms with Gasteiger partial charge in [-0.25, -0.2) is 0 Å². The minimum absolute atomic E-state index is 1.19. The number of hydrogen-bond acceptors (Lipinski definition) is 1. The number of fused-ring (bicyclic) bond motifs is 6. The van der Waals surface area contributed by atoms with Gasteiger partial charge in [0.1, 0.15) is 0 Å². The maximum atomic E-state index is 2.41. The van der Waals surface area contributed by atoms with E-state index in [1.165, 1.54) is 81.0 Å². The highest BCUT2D eigenvalue weighted by Gasteiger charge is 2.15. The second-order valence-electron chi connectivity index (χ2n) is 11.4. The fourth-order valence-electron chi connectivity index (χ4n) is 6.75. The van der Waals surface area contributed by atoms with Crippen molar-refractivity contribution in [1.82, 2.24) is 4.57 Å². The third kappa shape index (κ3) is 4.00. The number of rotatable bonds is 4. The van der Waals surface area contributed by atoms with Gasteiger partial charge in [0.15, 0.2) is 0 Å². The maximum Gasteiger partial charge on any atom is 0.0541 e. The van der Waals surface area contributed by atoms with E-state index in [1.807, 2.05) is 11.3 Å². The van der Waals surface area contributed by atoms with Crippen molar-refractivity contribution in [2.45, 2.75) is 0 Å². The van der Waals surface area contributed by atoms with Crippen LogP contribution < -0.4 is 0 Å². The van der Waals surface area contributed by atoms with Crippen molar-refractivity contribution >= 4 is 53.3 Å². The van der Waals surface area contributed by atoms with Crippen LogP contribution in [0.3, 0.4) is 0 Å². The van der Waals surface area contributed by atoms with E-state index in [0.717, 1.165) is 0 Å². The Labute approximate surface area is 259 Å². The zero-order valence-corrected chi connectivity index (χ0v) is 24.8. The van der Waals surface area contributed by atoms with E-state index < -0.39 is 0 Å². The molecule has 7 aromatic carbocycles. The summed E-state index contributed by atoms with van der Waals surface area (Å²) in [7, 11) is 0. The Bertz CT molecular complexity index is 2430. The Kier molecular flexibility index (Phi) is 5.75. The predicted octanol–water partition coefficient (Wildman–Crippen LogP) is 12.2. The molecular weight excluding hydrogens is 551 g/mol. The van der Waals surface area contributed by atoms with Gasteiger partial charge in [-0.05, 0) is 75.8 Å². The summed E-state index contributed by atoms with van der Waals surface area (Å²) in [6.45, 7) is 0. The van der Waals surface area contributed by atoms with E-state index >= 15 is 0 Å². The van der Waals surface area contributed by atoms with E-state index in [0.29, 0.717) is 0 Å². The van der Waals surface area contributed by atoms with Crippen LogP contribution in [0.25, 0.3) is 81.0 Å². The zero-order chi connectivity index (χ0) is 29.0. The third-order valence-electron chi connectivity index (χ3n) is 8.82. The molecule has 0 aliphatic heterocycles. The van der Waals surface area contributed by atoms with E-state index in [2.05, 4.69) is 168 Å². The monoisotopic (exact) mass is 577 g/mol. The number of hydrogen-bond donors (Lipinski definition) is 0. The average molecular weight is 578 g/mol. The van der Waals surface area contributed by atoms with E-state index in [-0.39, 0.29) is 0 Å². The summed E-state index contributed by atoms with van der Waals surface area (Å²) < 4.78 is 5.04. The Morgan fingerprint density at radius 3 is 1.68 bits per heavy atom. The molecule has 0 aliphatic carbocycles. The highest BCUT2D eigenvalue weighted by atomic mass is 32.1. The minimum Gasteiger partial charge on any atom is -0.309 e. The largest absolute Gasteiger partial charge is 0.309 e. The molecule has 0 saturated carbocycles. The van der Waals surface area contributed by atoms with Crippen LogP contribution in [-0.4, -0.2) is 4.57 Å². The lowest BCUT2D eigenvalue weighted by Crippen LogP contribution is -1.93. The predicted molar refractivity (Wildman–Crippen MR) is 190 cm³/mol. The van der Waals surface area contributed by atoms with Crippen molar-refractivity contribution < 1.29 is 0 Å². The molecule has 9 aromatic rings. The quantitative estimate of drug-likeness (QED) is 0.196. The molecular formula is C42H27NS. The minimum atomic E-state index is 1.19. The van der Waals surface area contributed by atoms with Crippen LogP contribution in [0.5, 0.6) is 0 Å². The highest BCUT2D eigenvalue weighted by Crippen LogP contribution is 2.42. The first-order valence-electron chi connectivity index (χ1n) is 15.0. The molecule has 2 aromatic heterocycles. The fraction of sp³-hybridized carbons (Fsp3) is 0. The van der Waals surface area contributed by atoms with Gasteiger partial charge in [0.25, 0.3) is 0 Å². The van der Waals surface area contributed by atoms with Crippen molar-refractivity contribution in [1.29, 1.82) is 0 Å². The summed E-state index contributed by atoms with van der Waals surface area (Å²) in [5.74, 6) is 0. The molecule has 0 unspecified atom stereocenters. The lowest BCUT2D eigenvalue weighted by molar-refractivity contribution is 1.19. The first kappa shape index (κ1) is 25.1. The van der Waals surface area contributed by atoms with Crippen molar-refractivity contribution in [2.75, 3.05) is 0 Å². The van der Waals surface area contributed by atoms with Crippen LogP contribution >= 0.6 is 11.3 Å². The maximum absolute atomic E-state index is 2.41. The lowest BCUT2D eigenvalue weighted by atomic mass is 9.95. The molecule has 44 heavy (non-hydrogen) atoms. The third-order valence-corrected chi connectivity index (χ3v) is 9.95. The first-order chi connectivity index (χ1) is 21.8. The molecule has 0 bridgehead atoms. The summed E-state index contributed by atoms with van der Waals surface area (Å²) in [5.41, 5.74) is 11.1.